The molecule has 1 N–H and O–H groups in total. The predicted octanol–water partition coefficient (Wildman–Crippen LogP) is 3.66. The molecule has 3 heteroatoms. The molecular formula is C17H17NO2. The summed E-state index contributed by atoms with van der Waals surface area (Å²) in [6.07, 6.45) is 3.30. The van der Waals surface area contributed by atoms with E-state index in [1.54, 1.807) is 25.3 Å². The van der Waals surface area contributed by atoms with Gasteiger partial charge in [-0.25, -0.2) is 0 Å². The van der Waals surface area contributed by atoms with Crippen molar-refractivity contribution < 1.29 is 9.53 Å². The Hall–Kier alpha value is -2.55. The normalized spacial score (nSPS) is 10.5. The van der Waals surface area contributed by atoms with Crippen LogP contribution in [0.5, 0.6) is 5.75 Å². The Labute approximate surface area is 118 Å². The highest BCUT2D eigenvalue weighted by molar-refractivity contribution is 6.02. The van der Waals surface area contributed by atoms with Gasteiger partial charge in [-0.05, 0) is 30.7 Å². The van der Waals surface area contributed by atoms with Gasteiger partial charge >= 0.3 is 0 Å². The summed E-state index contributed by atoms with van der Waals surface area (Å²) in [5, 5.41) is 2.80. The number of nitrogens with one attached hydrogen (secondary N) is 1. The van der Waals surface area contributed by atoms with Crippen molar-refractivity contribution in [2.75, 3.05) is 12.4 Å². The van der Waals surface area contributed by atoms with Gasteiger partial charge in [-0.3, -0.25) is 4.79 Å². The molecule has 2 aromatic carbocycles. The molecule has 0 unspecified atom stereocenters. The van der Waals surface area contributed by atoms with Crippen LogP contribution in [0.4, 0.5) is 5.69 Å². The number of carbonyl (C=O) groups is 1. The summed E-state index contributed by atoms with van der Waals surface area (Å²) >= 11 is 0. The zero-order valence-electron chi connectivity index (χ0n) is 11.6. The summed E-state index contributed by atoms with van der Waals surface area (Å²) in [5.74, 6) is 0.459. The number of amides is 1. The molecule has 3 nitrogen and oxygen atoms in total. The second-order valence-electron chi connectivity index (χ2n) is 4.44. The van der Waals surface area contributed by atoms with E-state index in [4.69, 9.17) is 4.74 Å². The summed E-state index contributed by atoms with van der Waals surface area (Å²) < 4.78 is 5.19. The van der Waals surface area contributed by atoms with Crippen LogP contribution in [0.15, 0.2) is 54.6 Å². The Morgan fingerprint density at radius 3 is 2.70 bits per heavy atom. The lowest BCUT2D eigenvalue weighted by atomic mass is 10.1. The van der Waals surface area contributed by atoms with Crippen LogP contribution in [0, 0.1) is 6.92 Å². The van der Waals surface area contributed by atoms with Gasteiger partial charge in [0.05, 0.1) is 12.8 Å². The molecule has 0 saturated carbocycles. The van der Waals surface area contributed by atoms with Crippen molar-refractivity contribution in [3.05, 3.63) is 65.7 Å². The molecule has 0 heterocycles. The molecule has 0 aliphatic heterocycles. The van der Waals surface area contributed by atoms with Crippen LogP contribution in [0.3, 0.4) is 0 Å². The first-order valence-electron chi connectivity index (χ1n) is 6.38. The average Bonchev–Trinajstić information content (AvgIpc) is 2.46. The molecule has 0 aliphatic rings. The number of carbonyl (C=O) groups excluding carboxylic acids is 1. The van der Waals surface area contributed by atoms with Gasteiger partial charge in [0.25, 0.3) is 0 Å². The van der Waals surface area contributed by atoms with Gasteiger partial charge in [0, 0.05) is 6.08 Å². The molecule has 0 bridgehead atoms. The highest BCUT2D eigenvalue weighted by Gasteiger charge is 2.03. The molecule has 102 valence electrons. The van der Waals surface area contributed by atoms with E-state index in [1.807, 2.05) is 43.3 Å². The van der Waals surface area contributed by atoms with E-state index >= 15 is 0 Å². The second-order valence-corrected chi connectivity index (χ2v) is 4.44. The second kappa shape index (κ2) is 6.57. The minimum atomic E-state index is -0.184. The molecule has 0 fully saturated rings. The quantitative estimate of drug-likeness (QED) is 0.859. The van der Waals surface area contributed by atoms with E-state index < -0.39 is 0 Å². The molecule has 0 aliphatic carbocycles. The molecule has 20 heavy (non-hydrogen) atoms. The Morgan fingerprint density at radius 1 is 1.15 bits per heavy atom. The SMILES string of the molecule is COc1ccccc1NC(=O)/C=C/c1cccc(C)c1. The Kier molecular flexibility index (Phi) is 4.56. The van der Waals surface area contributed by atoms with Gasteiger partial charge in [-0.2, -0.15) is 0 Å². The van der Waals surface area contributed by atoms with Gasteiger partial charge in [-0.1, -0.05) is 42.0 Å². The van der Waals surface area contributed by atoms with E-state index in [0.29, 0.717) is 11.4 Å². The first-order valence-corrected chi connectivity index (χ1v) is 6.38. The zero-order valence-corrected chi connectivity index (χ0v) is 11.6. The first kappa shape index (κ1) is 13.9. The predicted molar refractivity (Wildman–Crippen MR) is 81.8 cm³/mol. The van der Waals surface area contributed by atoms with Crippen LogP contribution in [-0.2, 0) is 4.79 Å². The van der Waals surface area contributed by atoms with Crippen molar-refractivity contribution in [1.29, 1.82) is 0 Å². The molecule has 0 saturated heterocycles. The average molecular weight is 267 g/mol. The number of para-hydroxylation sites is 2. The number of hydrogen-bond acceptors (Lipinski definition) is 2. The molecular weight excluding hydrogens is 250 g/mol. The fourth-order valence-electron chi connectivity index (χ4n) is 1.87. The van der Waals surface area contributed by atoms with Crippen LogP contribution in [-0.4, -0.2) is 13.0 Å². The van der Waals surface area contributed by atoms with E-state index in [-0.39, 0.29) is 5.91 Å². The lowest BCUT2D eigenvalue weighted by Gasteiger charge is -2.07. The third-order valence-electron chi connectivity index (χ3n) is 2.83. The number of aryl methyl sites for hydroxylation is 1. The van der Waals surface area contributed by atoms with Crippen molar-refractivity contribution in [1.82, 2.24) is 0 Å². The fourth-order valence-corrected chi connectivity index (χ4v) is 1.87. The maximum Gasteiger partial charge on any atom is 0.248 e. The first-order chi connectivity index (χ1) is 9.69. The van der Waals surface area contributed by atoms with Crippen molar-refractivity contribution in [3.8, 4) is 5.75 Å². The maximum absolute atomic E-state index is 11.9. The van der Waals surface area contributed by atoms with E-state index in [2.05, 4.69) is 5.32 Å². The molecule has 1 amide bonds. The summed E-state index contributed by atoms with van der Waals surface area (Å²) in [5.41, 5.74) is 2.83. The Bertz CT molecular complexity index is 632. The minimum absolute atomic E-state index is 0.184. The van der Waals surface area contributed by atoms with Gasteiger partial charge in [0.2, 0.25) is 5.91 Å². The van der Waals surface area contributed by atoms with Crippen LogP contribution < -0.4 is 10.1 Å². The van der Waals surface area contributed by atoms with Crippen molar-refractivity contribution in [2.45, 2.75) is 6.92 Å². The number of rotatable bonds is 4. The lowest BCUT2D eigenvalue weighted by Crippen LogP contribution is -2.08. The standard InChI is InChI=1S/C17H17NO2/c1-13-6-5-7-14(12-13)10-11-17(19)18-15-8-3-4-9-16(15)20-2/h3-12H,1-2H3,(H,18,19)/b11-10+. The Morgan fingerprint density at radius 2 is 1.95 bits per heavy atom. The molecule has 2 aromatic rings. The van der Waals surface area contributed by atoms with Gasteiger partial charge in [0.15, 0.2) is 0 Å². The summed E-state index contributed by atoms with van der Waals surface area (Å²) in [4.78, 5) is 11.9. The zero-order chi connectivity index (χ0) is 14.4. The van der Waals surface area contributed by atoms with E-state index in [1.165, 1.54) is 6.08 Å². The third kappa shape index (κ3) is 3.72. The van der Waals surface area contributed by atoms with Crippen molar-refractivity contribution >= 4 is 17.7 Å². The lowest BCUT2D eigenvalue weighted by molar-refractivity contribution is -0.111. The number of methoxy groups -OCH3 is 1. The maximum atomic E-state index is 11.9. The summed E-state index contributed by atoms with van der Waals surface area (Å²) in [7, 11) is 1.58. The van der Waals surface area contributed by atoms with Crippen LogP contribution in [0.1, 0.15) is 11.1 Å². The number of benzene rings is 2. The third-order valence-corrected chi connectivity index (χ3v) is 2.83. The van der Waals surface area contributed by atoms with E-state index in [9.17, 15) is 4.79 Å². The van der Waals surface area contributed by atoms with Crippen LogP contribution in [0.2, 0.25) is 0 Å². The van der Waals surface area contributed by atoms with Crippen LogP contribution >= 0.6 is 0 Å². The molecule has 0 radical (unpaired) electrons. The summed E-state index contributed by atoms with van der Waals surface area (Å²) in [6.45, 7) is 2.02. The van der Waals surface area contributed by atoms with E-state index in [0.717, 1.165) is 11.1 Å². The minimum Gasteiger partial charge on any atom is -0.495 e. The van der Waals surface area contributed by atoms with Crippen LogP contribution in [0.25, 0.3) is 6.08 Å². The molecule has 0 atom stereocenters. The molecule has 2 rings (SSSR count). The van der Waals surface area contributed by atoms with Gasteiger partial charge in [-0.15, -0.1) is 0 Å². The van der Waals surface area contributed by atoms with Gasteiger partial charge < -0.3 is 10.1 Å². The largest absolute Gasteiger partial charge is 0.495 e. The molecule has 0 spiro atoms. The van der Waals surface area contributed by atoms with Crippen molar-refractivity contribution in [3.63, 3.8) is 0 Å². The topological polar surface area (TPSA) is 38.3 Å². The smallest absolute Gasteiger partial charge is 0.248 e. The van der Waals surface area contributed by atoms with Gasteiger partial charge in [0.1, 0.15) is 5.75 Å². The number of hydrogen-bond donors (Lipinski definition) is 1. The monoisotopic (exact) mass is 267 g/mol. The number of anilines is 1. The number of ether oxygens (including phenoxy) is 1. The Balaban J connectivity index is 2.06. The molecule has 0 aromatic heterocycles. The highest BCUT2D eigenvalue weighted by atomic mass is 16.5. The summed E-state index contributed by atoms with van der Waals surface area (Å²) in [6, 6.07) is 15.3. The highest BCUT2D eigenvalue weighted by Crippen LogP contribution is 2.22. The fraction of sp³-hybridized carbons (Fsp3) is 0.118. The van der Waals surface area contributed by atoms with Crippen molar-refractivity contribution in [2.24, 2.45) is 0 Å².